The molecule has 0 saturated carbocycles. The van der Waals surface area contributed by atoms with E-state index in [1.165, 1.54) is 0 Å². The molecule has 4 N–H and O–H groups in total. The van der Waals surface area contributed by atoms with E-state index in [1.807, 2.05) is 0 Å². The highest BCUT2D eigenvalue weighted by Crippen LogP contribution is 1.95. The highest BCUT2D eigenvalue weighted by atomic mass is 16.3. The van der Waals surface area contributed by atoms with Crippen molar-refractivity contribution in [3.8, 4) is 0 Å². The summed E-state index contributed by atoms with van der Waals surface area (Å²) in [7, 11) is 0. The Balaban J connectivity index is 2.56. The molecule has 1 radical (unpaired) electrons. The molecule has 0 saturated heterocycles. The number of anilines is 2. The number of nitrogens with one attached hydrogen (secondary N) is 1. The van der Waals surface area contributed by atoms with E-state index >= 15 is 0 Å². The molecule has 6 nitrogen and oxygen atoms in total. The van der Waals surface area contributed by atoms with Crippen molar-refractivity contribution < 1.29 is 5.11 Å². The van der Waals surface area contributed by atoms with Crippen LogP contribution in [0.25, 0.3) is 0 Å². The van der Waals surface area contributed by atoms with Crippen LogP contribution in [0.1, 0.15) is 0 Å². The standard InChI is InChI=1S/C5H8N5O/c6-4-8-3-9-5(10-4)7-1-2-11/h11H,1-2H2,(H3,6,7,8,9,10). The molecule has 1 heterocycles. The highest BCUT2D eigenvalue weighted by Gasteiger charge is 1.94. The number of aliphatic hydroxyl groups excluding tert-OH is 1. The lowest BCUT2D eigenvalue weighted by atomic mass is 10.7. The molecule has 6 heteroatoms. The van der Waals surface area contributed by atoms with E-state index < -0.39 is 0 Å². The first kappa shape index (κ1) is 7.67. The summed E-state index contributed by atoms with van der Waals surface area (Å²) in [5.74, 6) is 0.437. The van der Waals surface area contributed by atoms with Crippen molar-refractivity contribution >= 4 is 11.9 Å². The van der Waals surface area contributed by atoms with Crippen molar-refractivity contribution in [2.45, 2.75) is 0 Å². The second kappa shape index (κ2) is 3.67. The minimum absolute atomic E-state index is 0.0194. The predicted molar refractivity (Wildman–Crippen MR) is 38.7 cm³/mol. The van der Waals surface area contributed by atoms with Crippen molar-refractivity contribution in [1.29, 1.82) is 0 Å². The molecule has 1 aromatic heterocycles. The van der Waals surface area contributed by atoms with Gasteiger partial charge < -0.3 is 16.2 Å². The lowest BCUT2D eigenvalue weighted by Crippen LogP contribution is -2.10. The molecule has 0 aliphatic rings. The highest BCUT2D eigenvalue weighted by molar-refractivity contribution is 5.28. The zero-order valence-corrected chi connectivity index (χ0v) is 5.78. The van der Waals surface area contributed by atoms with Gasteiger partial charge in [-0.2, -0.15) is 15.0 Å². The Morgan fingerprint density at radius 2 is 2.36 bits per heavy atom. The van der Waals surface area contributed by atoms with Gasteiger partial charge in [0.25, 0.3) is 0 Å². The normalized spacial score (nSPS) is 9.55. The molecule has 1 aromatic rings. The SMILES string of the molecule is Nc1n[c]nc(NCCO)n1. The molecule has 0 bridgehead atoms. The summed E-state index contributed by atoms with van der Waals surface area (Å²) in [5.41, 5.74) is 5.23. The summed E-state index contributed by atoms with van der Waals surface area (Å²) in [4.78, 5) is 10.8. The Hall–Kier alpha value is -1.43. The fourth-order valence-electron chi connectivity index (χ4n) is 0.529. The van der Waals surface area contributed by atoms with Crippen LogP contribution >= 0.6 is 0 Å². The third-order valence-corrected chi connectivity index (χ3v) is 0.936. The van der Waals surface area contributed by atoms with E-state index in [4.69, 9.17) is 10.8 Å². The molecule has 1 rings (SSSR count). The van der Waals surface area contributed by atoms with E-state index in [0.29, 0.717) is 12.5 Å². The predicted octanol–water partition coefficient (Wildman–Crippen LogP) is -1.34. The van der Waals surface area contributed by atoms with E-state index in [1.54, 1.807) is 0 Å². The minimum Gasteiger partial charge on any atom is -0.395 e. The molecule has 0 atom stereocenters. The van der Waals surface area contributed by atoms with Crippen LogP contribution in [0.2, 0.25) is 0 Å². The van der Waals surface area contributed by atoms with Gasteiger partial charge in [0, 0.05) is 6.54 Å². The van der Waals surface area contributed by atoms with Crippen LogP contribution in [-0.4, -0.2) is 33.2 Å². The lowest BCUT2D eigenvalue weighted by Gasteiger charge is -1.99. The molecule has 0 unspecified atom stereocenters. The number of hydrogen-bond acceptors (Lipinski definition) is 6. The first-order valence-electron chi connectivity index (χ1n) is 3.05. The summed E-state index contributed by atoms with van der Waals surface area (Å²) in [5, 5.41) is 11.1. The van der Waals surface area contributed by atoms with E-state index in [9.17, 15) is 0 Å². The van der Waals surface area contributed by atoms with Gasteiger partial charge in [-0.05, 0) is 0 Å². The number of nitrogens with zero attached hydrogens (tertiary/aromatic N) is 3. The maximum absolute atomic E-state index is 8.42. The summed E-state index contributed by atoms with van der Waals surface area (Å²) in [6.45, 7) is 0.406. The third-order valence-electron chi connectivity index (χ3n) is 0.936. The first-order valence-corrected chi connectivity index (χ1v) is 3.05. The van der Waals surface area contributed by atoms with Crippen LogP contribution in [0.15, 0.2) is 0 Å². The summed E-state index contributed by atoms with van der Waals surface area (Å²) in [6.07, 6.45) is 2.31. The van der Waals surface area contributed by atoms with Crippen LogP contribution in [0.3, 0.4) is 0 Å². The molecule has 0 aliphatic carbocycles. The number of nitrogen functional groups attached to an aromatic ring is 1. The topological polar surface area (TPSA) is 97.0 Å². The number of aliphatic hydroxyl groups is 1. The van der Waals surface area contributed by atoms with Gasteiger partial charge in [-0.1, -0.05) is 0 Å². The zero-order chi connectivity index (χ0) is 8.10. The zero-order valence-electron chi connectivity index (χ0n) is 5.78. The average Bonchev–Trinajstić information content (AvgIpc) is 2.01. The van der Waals surface area contributed by atoms with Crippen LogP contribution < -0.4 is 11.1 Å². The number of rotatable bonds is 3. The molecule has 59 valence electrons. The van der Waals surface area contributed by atoms with Gasteiger partial charge in [0.1, 0.15) is 0 Å². The smallest absolute Gasteiger partial charge is 0.228 e. The maximum Gasteiger partial charge on any atom is 0.228 e. The Labute approximate surface area is 63.5 Å². The molecule has 0 amide bonds. The Morgan fingerprint density at radius 3 is 3.00 bits per heavy atom. The minimum atomic E-state index is 0.0194. The maximum atomic E-state index is 8.42. The fourth-order valence-corrected chi connectivity index (χ4v) is 0.529. The second-order valence-corrected chi connectivity index (χ2v) is 1.77. The van der Waals surface area contributed by atoms with Crippen molar-refractivity contribution in [3.05, 3.63) is 6.33 Å². The first-order chi connectivity index (χ1) is 5.33. The molecular formula is C5H8N5O. The summed E-state index contributed by atoms with van der Waals surface area (Å²) in [6, 6.07) is 0. The summed E-state index contributed by atoms with van der Waals surface area (Å²) < 4.78 is 0. The van der Waals surface area contributed by atoms with Gasteiger partial charge in [-0.25, -0.2) is 0 Å². The summed E-state index contributed by atoms with van der Waals surface area (Å²) >= 11 is 0. The largest absolute Gasteiger partial charge is 0.395 e. The number of nitrogens with two attached hydrogens (primary N) is 1. The Kier molecular flexibility index (Phi) is 2.56. The molecule has 0 aliphatic heterocycles. The van der Waals surface area contributed by atoms with Crippen LogP contribution in [0.4, 0.5) is 11.9 Å². The van der Waals surface area contributed by atoms with E-state index in [0.717, 1.165) is 0 Å². The Morgan fingerprint density at radius 1 is 1.55 bits per heavy atom. The van der Waals surface area contributed by atoms with Gasteiger partial charge in [0.15, 0.2) is 0 Å². The van der Waals surface area contributed by atoms with Crippen molar-refractivity contribution in [3.63, 3.8) is 0 Å². The van der Waals surface area contributed by atoms with Gasteiger partial charge in [-0.3, -0.25) is 0 Å². The average molecular weight is 154 g/mol. The lowest BCUT2D eigenvalue weighted by molar-refractivity contribution is 0.311. The number of hydrogen-bond donors (Lipinski definition) is 3. The van der Waals surface area contributed by atoms with Crippen molar-refractivity contribution in [2.75, 3.05) is 24.2 Å². The van der Waals surface area contributed by atoms with Crippen LogP contribution in [0, 0.1) is 6.33 Å². The second-order valence-electron chi connectivity index (χ2n) is 1.77. The monoisotopic (exact) mass is 154 g/mol. The molecule has 11 heavy (non-hydrogen) atoms. The number of aromatic nitrogens is 3. The van der Waals surface area contributed by atoms with Gasteiger partial charge >= 0.3 is 0 Å². The quantitative estimate of drug-likeness (QED) is 0.498. The van der Waals surface area contributed by atoms with Gasteiger partial charge in [0.2, 0.25) is 18.2 Å². The fraction of sp³-hybridized carbons (Fsp3) is 0.400. The van der Waals surface area contributed by atoms with Crippen molar-refractivity contribution in [1.82, 2.24) is 15.0 Å². The molecule has 0 fully saturated rings. The van der Waals surface area contributed by atoms with E-state index in [2.05, 4.69) is 26.6 Å². The Bertz CT molecular complexity index is 228. The van der Waals surface area contributed by atoms with Gasteiger partial charge in [-0.15, -0.1) is 0 Å². The van der Waals surface area contributed by atoms with Crippen LogP contribution in [0.5, 0.6) is 0 Å². The molecule has 0 spiro atoms. The van der Waals surface area contributed by atoms with Gasteiger partial charge in [0.05, 0.1) is 6.61 Å². The van der Waals surface area contributed by atoms with Crippen molar-refractivity contribution in [2.24, 2.45) is 0 Å². The van der Waals surface area contributed by atoms with E-state index in [-0.39, 0.29) is 12.6 Å². The molecule has 0 aromatic carbocycles. The molecular weight excluding hydrogens is 146 g/mol. The van der Waals surface area contributed by atoms with Crippen LogP contribution in [-0.2, 0) is 0 Å². The third kappa shape index (κ3) is 2.34.